The van der Waals surface area contributed by atoms with E-state index in [1.807, 2.05) is 0 Å². The van der Waals surface area contributed by atoms with Crippen molar-refractivity contribution < 1.29 is 21.9 Å². The maximum absolute atomic E-state index is 14.2. The second-order valence-corrected chi connectivity index (χ2v) is 9.01. The first-order valence-electron chi connectivity index (χ1n) is 9.46. The van der Waals surface area contributed by atoms with E-state index < -0.39 is 21.7 Å². The maximum Gasteiger partial charge on any atom is 0.258 e. The van der Waals surface area contributed by atoms with Gasteiger partial charge in [0.15, 0.2) is 11.6 Å². The summed E-state index contributed by atoms with van der Waals surface area (Å²) < 4.78 is 60.6. The molecular formula is C23H18F2N2O4S. The Hall–Kier alpha value is -3.72. The van der Waals surface area contributed by atoms with Gasteiger partial charge in [0.05, 0.1) is 6.26 Å². The summed E-state index contributed by atoms with van der Waals surface area (Å²) in [6.07, 6.45) is 2.62. The normalized spacial score (nSPS) is 11.5. The van der Waals surface area contributed by atoms with Crippen LogP contribution in [0.1, 0.15) is 0 Å². The summed E-state index contributed by atoms with van der Waals surface area (Å²) >= 11 is 0. The molecule has 0 aliphatic carbocycles. The third kappa shape index (κ3) is 4.33. The summed E-state index contributed by atoms with van der Waals surface area (Å²) in [5, 5.41) is 1.06. The molecule has 0 bridgehead atoms. The first kappa shape index (κ1) is 21.5. The van der Waals surface area contributed by atoms with E-state index in [9.17, 15) is 22.0 Å². The molecule has 9 heteroatoms. The molecule has 1 N–H and O–H groups in total. The highest BCUT2D eigenvalue weighted by atomic mass is 32.2. The van der Waals surface area contributed by atoms with Crippen molar-refractivity contribution in [1.29, 1.82) is 0 Å². The van der Waals surface area contributed by atoms with Crippen LogP contribution in [0.5, 0.6) is 11.5 Å². The van der Waals surface area contributed by atoms with Gasteiger partial charge >= 0.3 is 0 Å². The largest absolute Gasteiger partial charge is 0.454 e. The Morgan fingerprint density at radius 3 is 2.28 bits per heavy atom. The van der Waals surface area contributed by atoms with Crippen molar-refractivity contribution >= 4 is 26.5 Å². The Morgan fingerprint density at radius 1 is 0.906 bits per heavy atom. The van der Waals surface area contributed by atoms with Crippen LogP contribution in [0, 0.1) is 11.6 Å². The van der Waals surface area contributed by atoms with Gasteiger partial charge in [0.25, 0.3) is 5.56 Å². The van der Waals surface area contributed by atoms with Crippen molar-refractivity contribution in [3.8, 4) is 22.6 Å². The van der Waals surface area contributed by atoms with Gasteiger partial charge in [-0.3, -0.25) is 9.52 Å². The molecule has 0 saturated heterocycles. The average Bonchev–Trinajstić information content (AvgIpc) is 2.72. The van der Waals surface area contributed by atoms with Crippen LogP contribution in [0.4, 0.5) is 14.5 Å². The molecule has 1 aromatic heterocycles. The molecule has 4 rings (SSSR count). The molecule has 32 heavy (non-hydrogen) atoms. The number of anilines is 1. The van der Waals surface area contributed by atoms with Crippen molar-refractivity contribution in [2.45, 2.75) is 0 Å². The van der Waals surface area contributed by atoms with Crippen LogP contribution < -0.4 is 15.0 Å². The van der Waals surface area contributed by atoms with Crippen LogP contribution in [-0.2, 0) is 17.1 Å². The van der Waals surface area contributed by atoms with E-state index >= 15 is 0 Å². The van der Waals surface area contributed by atoms with Crippen molar-refractivity contribution in [2.75, 3.05) is 11.0 Å². The van der Waals surface area contributed by atoms with Gasteiger partial charge in [-0.1, -0.05) is 18.2 Å². The number of nitrogens with zero attached hydrogens (tertiary/aromatic N) is 1. The third-order valence-electron chi connectivity index (χ3n) is 4.78. The summed E-state index contributed by atoms with van der Waals surface area (Å²) in [6.45, 7) is 0. The predicted octanol–water partition coefficient (Wildman–Crippen LogP) is 4.65. The fraction of sp³-hybridized carbons (Fsp3) is 0.0870. The van der Waals surface area contributed by atoms with Crippen LogP contribution in [0.15, 0.2) is 71.7 Å². The average molecular weight is 456 g/mol. The molecule has 0 saturated carbocycles. The number of halogens is 2. The maximum atomic E-state index is 14.2. The zero-order valence-electron chi connectivity index (χ0n) is 17.1. The van der Waals surface area contributed by atoms with Gasteiger partial charge in [-0.05, 0) is 41.8 Å². The molecule has 0 spiro atoms. The van der Waals surface area contributed by atoms with Crippen LogP contribution in [-0.4, -0.2) is 19.2 Å². The summed E-state index contributed by atoms with van der Waals surface area (Å²) in [7, 11) is -1.97. The van der Waals surface area contributed by atoms with Crippen molar-refractivity contribution in [3.05, 3.63) is 88.8 Å². The van der Waals surface area contributed by atoms with Crippen molar-refractivity contribution in [2.24, 2.45) is 7.05 Å². The van der Waals surface area contributed by atoms with Gasteiger partial charge in [0, 0.05) is 41.5 Å². The van der Waals surface area contributed by atoms with Gasteiger partial charge in [-0.25, -0.2) is 17.2 Å². The highest BCUT2D eigenvalue weighted by Crippen LogP contribution is 2.39. The number of ether oxygens (including phenoxy) is 1. The molecule has 1 heterocycles. The smallest absolute Gasteiger partial charge is 0.258 e. The molecule has 0 amide bonds. The number of hydrogen-bond donors (Lipinski definition) is 1. The molecule has 0 atom stereocenters. The number of pyridine rings is 1. The Morgan fingerprint density at radius 2 is 1.59 bits per heavy atom. The third-order valence-corrected chi connectivity index (χ3v) is 5.38. The molecule has 0 radical (unpaired) electrons. The van der Waals surface area contributed by atoms with Gasteiger partial charge in [0.2, 0.25) is 10.0 Å². The fourth-order valence-electron chi connectivity index (χ4n) is 3.41. The van der Waals surface area contributed by atoms with E-state index in [2.05, 4.69) is 4.72 Å². The summed E-state index contributed by atoms with van der Waals surface area (Å²) in [6, 6.07) is 14.3. The number of rotatable bonds is 5. The second-order valence-electron chi connectivity index (χ2n) is 7.27. The van der Waals surface area contributed by atoms with Crippen LogP contribution in [0.2, 0.25) is 0 Å². The monoisotopic (exact) mass is 456 g/mol. The number of hydrogen-bond acceptors (Lipinski definition) is 4. The number of fused-ring (bicyclic) bond motifs is 1. The lowest BCUT2D eigenvalue weighted by molar-refractivity contribution is 0.439. The molecule has 6 nitrogen and oxygen atoms in total. The Bertz CT molecular complexity index is 1510. The van der Waals surface area contributed by atoms with Gasteiger partial charge in [-0.2, -0.15) is 0 Å². The molecule has 164 valence electrons. The lowest BCUT2D eigenvalue weighted by atomic mass is 9.99. The molecular weight excluding hydrogens is 438 g/mol. The standard InChI is InChI=1S/C23H18F2N2O4S/c1-27-13-19(16-5-3-4-6-17(16)23(27)28)18-12-15(26-32(2,29)30)8-10-21(18)31-22-9-7-14(24)11-20(22)25/h3-13,26H,1-2H3. The van der Waals surface area contributed by atoms with E-state index in [1.54, 1.807) is 37.5 Å². The zero-order valence-corrected chi connectivity index (χ0v) is 17.9. The van der Waals surface area contributed by atoms with E-state index in [1.165, 1.54) is 22.8 Å². The van der Waals surface area contributed by atoms with Crippen molar-refractivity contribution in [1.82, 2.24) is 4.57 Å². The van der Waals surface area contributed by atoms with Crippen LogP contribution in [0.25, 0.3) is 21.9 Å². The molecule has 0 fully saturated rings. The fourth-order valence-corrected chi connectivity index (χ4v) is 3.97. The highest BCUT2D eigenvalue weighted by Gasteiger charge is 2.17. The van der Waals surface area contributed by atoms with E-state index in [4.69, 9.17) is 4.74 Å². The summed E-state index contributed by atoms with van der Waals surface area (Å²) in [4.78, 5) is 12.6. The SMILES string of the molecule is Cn1cc(-c2cc(NS(C)(=O)=O)ccc2Oc2ccc(F)cc2F)c2ccccc2c1=O. The summed E-state index contributed by atoms with van der Waals surface area (Å²) in [5.74, 6) is -1.64. The van der Waals surface area contributed by atoms with E-state index in [-0.39, 0.29) is 22.7 Å². The molecule has 4 aromatic rings. The lowest BCUT2D eigenvalue weighted by Gasteiger charge is -2.16. The van der Waals surface area contributed by atoms with Crippen molar-refractivity contribution in [3.63, 3.8) is 0 Å². The lowest BCUT2D eigenvalue weighted by Crippen LogP contribution is -2.16. The van der Waals surface area contributed by atoms with Gasteiger partial charge in [0.1, 0.15) is 11.6 Å². The second kappa shape index (κ2) is 8.08. The highest BCUT2D eigenvalue weighted by molar-refractivity contribution is 7.92. The minimum atomic E-state index is -3.56. The number of nitrogens with one attached hydrogen (secondary N) is 1. The first-order valence-corrected chi connectivity index (χ1v) is 11.3. The minimum absolute atomic E-state index is 0.193. The number of aromatic nitrogens is 1. The summed E-state index contributed by atoms with van der Waals surface area (Å²) in [5.41, 5.74) is 1.03. The van der Waals surface area contributed by atoms with Crippen LogP contribution in [0.3, 0.4) is 0 Å². The minimum Gasteiger partial charge on any atom is -0.454 e. The van der Waals surface area contributed by atoms with E-state index in [0.717, 1.165) is 18.4 Å². The van der Waals surface area contributed by atoms with Gasteiger partial charge in [-0.15, -0.1) is 0 Å². The zero-order chi connectivity index (χ0) is 23.0. The number of aryl methyl sites for hydroxylation is 1. The predicted molar refractivity (Wildman–Crippen MR) is 120 cm³/mol. The van der Waals surface area contributed by atoms with Gasteiger partial charge < -0.3 is 9.30 Å². The Labute approximate surface area is 182 Å². The Balaban J connectivity index is 1.96. The quantitative estimate of drug-likeness (QED) is 0.474. The molecule has 0 aliphatic rings. The molecule has 3 aromatic carbocycles. The topological polar surface area (TPSA) is 77.4 Å². The van der Waals surface area contributed by atoms with Crippen LogP contribution >= 0.6 is 0 Å². The molecule has 0 aliphatic heterocycles. The number of benzene rings is 3. The molecule has 0 unspecified atom stereocenters. The number of sulfonamides is 1. The first-order chi connectivity index (χ1) is 15.1. The van der Waals surface area contributed by atoms with E-state index in [0.29, 0.717) is 28.0 Å². The Kier molecular flexibility index (Phi) is 5.43.